The zero-order chi connectivity index (χ0) is 15.7. The van der Waals surface area contributed by atoms with Gasteiger partial charge in [0.25, 0.3) is 0 Å². The lowest BCUT2D eigenvalue weighted by Gasteiger charge is -2.39. The van der Waals surface area contributed by atoms with Gasteiger partial charge in [0.15, 0.2) is 0 Å². The van der Waals surface area contributed by atoms with Crippen LogP contribution in [0.2, 0.25) is 0 Å². The maximum Gasteiger partial charge on any atom is 0.136 e. The second-order valence-electron chi connectivity index (χ2n) is 6.45. The average Bonchev–Trinajstić information content (AvgIpc) is 3.17. The van der Waals surface area contributed by atoms with Crippen LogP contribution in [-0.2, 0) is 11.2 Å². The van der Waals surface area contributed by atoms with Gasteiger partial charge in [-0.2, -0.15) is 0 Å². The number of para-hydroxylation sites is 1. The molecule has 1 aromatic heterocycles. The molecule has 2 aliphatic rings. The van der Waals surface area contributed by atoms with Crippen molar-refractivity contribution < 1.29 is 9.47 Å². The van der Waals surface area contributed by atoms with Gasteiger partial charge in [0, 0.05) is 35.9 Å². The number of hydrogen-bond donors (Lipinski definition) is 1. The summed E-state index contributed by atoms with van der Waals surface area (Å²) in [6.07, 6.45) is 2.98. The zero-order valence-electron chi connectivity index (χ0n) is 13.4. The van der Waals surface area contributed by atoms with E-state index in [2.05, 4.69) is 35.4 Å². The first-order valence-electron chi connectivity index (χ1n) is 8.24. The van der Waals surface area contributed by atoms with Crippen LogP contribution in [0.15, 0.2) is 29.8 Å². The Labute approximate surface area is 140 Å². The number of hydrogen-bond acceptors (Lipinski definition) is 5. The van der Waals surface area contributed by atoms with E-state index >= 15 is 0 Å². The molecule has 2 aromatic rings. The lowest BCUT2D eigenvalue weighted by molar-refractivity contribution is 0.0189. The molecule has 5 heteroatoms. The molecular weight excluding hydrogens is 308 g/mol. The number of thiazole rings is 1. The van der Waals surface area contributed by atoms with E-state index in [9.17, 15) is 0 Å². The molecule has 0 saturated carbocycles. The summed E-state index contributed by atoms with van der Waals surface area (Å²) >= 11 is 1.74. The number of aromatic nitrogens is 1. The fourth-order valence-electron chi connectivity index (χ4n) is 3.56. The van der Waals surface area contributed by atoms with Gasteiger partial charge < -0.3 is 14.8 Å². The Morgan fingerprint density at radius 2 is 2.30 bits per heavy atom. The van der Waals surface area contributed by atoms with Gasteiger partial charge in [0.2, 0.25) is 0 Å². The highest BCUT2D eigenvalue weighted by atomic mass is 32.1. The summed E-state index contributed by atoms with van der Waals surface area (Å²) in [5, 5.41) is 3.74. The highest BCUT2D eigenvalue weighted by molar-refractivity contribution is 7.09. The van der Waals surface area contributed by atoms with E-state index in [0.717, 1.165) is 43.9 Å². The van der Waals surface area contributed by atoms with E-state index in [4.69, 9.17) is 9.47 Å². The lowest BCUT2D eigenvalue weighted by Crippen LogP contribution is -2.45. The molecule has 0 radical (unpaired) electrons. The third-order valence-electron chi connectivity index (χ3n) is 4.85. The third kappa shape index (κ3) is 3.01. The summed E-state index contributed by atoms with van der Waals surface area (Å²) < 4.78 is 11.9. The van der Waals surface area contributed by atoms with E-state index in [1.807, 2.05) is 11.6 Å². The highest BCUT2D eigenvalue weighted by Gasteiger charge is 2.43. The van der Waals surface area contributed by atoms with Gasteiger partial charge in [-0.3, -0.25) is 0 Å². The van der Waals surface area contributed by atoms with Crippen molar-refractivity contribution in [1.29, 1.82) is 0 Å². The molecule has 0 amide bonds. The smallest absolute Gasteiger partial charge is 0.136 e. The average molecular weight is 330 g/mol. The maximum absolute atomic E-state index is 6.31. The van der Waals surface area contributed by atoms with E-state index in [1.54, 1.807) is 11.3 Å². The molecule has 0 aliphatic carbocycles. The molecule has 122 valence electrons. The van der Waals surface area contributed by atoms with Crippen LogP contribution in [0.3, 0.4) is 0 Å². The van der Waals surface area contributed by atoms with Crippen LogP contribution in [0, 0.1) is 6.92 Å². The second kappa shape index (κ2) is 6.23. The van der Waals surface area contributed by atoms with E-state index < -0.39 is 0 Å². The lowest BCUT2D eigenvalue weighted by atomic mass is 9.86. The molecule has 1 spiro atoms. The van der Waals surface area contributed by atoms with Crippen molar-refractivity contribution >= 4 is 11.3 Å². The van der Waals surface area contributed by atoms with Gasteiger partial charge >= 0.3 is 0 Å². The highest BCUT2D eigenvalue weighted by Crippen LogP contribution is 2.43. The minimum Gasteiger partial charge on any atom is -0.484 e. The minimum absolute atomic E-state index is 0.146. The van der Waals surface area contributed by atoms with Crippen LogP contribution < -0.4 is 10.1 Å². The Kier molecular flexibility index (Phi) is 4.09. The molecule has 1 fully saturated rings. The topological polar surface area (TPSA) is 43.4 Å². The van der Waals surface area contributed by atoms with Crippen molar-refractivity contribution in [2.45, 2.75) is 37.8 Å². The van der Waals surface area contributed by atoms with Crippen LogP contribution >= 0.6 is 11.3 Å². The SMILES string of the molecule is Cc1ncsc1CCNC1CC2(CCOC2)Oc2ccccc21. The first-order valence-corrected chi connectivity index (χ1v) is 9.12. The largest absolute Gasteiger partial charge is 0.484 e. The predicted molar refractivity (Wildman–Crippen MR) is 91.2 cm³/mol. The second-order valence-corrected chi connectivity index (χ2v) is 7.39. The number of nitrogens with one attached hydrogen (secondary N) is 1. The predicted octanol–water partition coefficient (Wildman–Crippen LogP) is 3.27. The first kappa shape index (κ1) is 15.1. The molecule has 2 aliphatic heterocycles. The number of benzene rings is 1. The monoisotopic (exact) mass is 330 g/mol. The van der Waals surface area contributed by atoms with Gasteiger partial charge in [-0.05, 0) is 19.4 Å². The van der Waals surface area contributed by atoms with Crippen molar-refractivity contribution in [3.8, 4) is 5.75 Å². The molecule has 2 unspecified atom stereocenters. The molecule has 1 saturated heterocycles. The Morgan fingerprint density at radius 1 is 1.39 bits per heavy atom. The normalized spacial score (nSPS) is 26.2. The maximum atomic E-state index is 6.31. The molecule has 23 heavy (non-hydrogen) atoms. The number of rotatable bonds is 4. The van der Waals surface area contributed by atoms with Crippen molar-refractivity contribution in [1.82, 2.24) is 10.3 Å². The molecule has 4 nitrogen and oxygen atoms in total. The van der Waals surface area contributed by atoms with Gasteiger partial charge in [0.1, 0.15) is 11.4 Å². The van der Waals surface area contributed by atoms with Crippen molar-refractivity contribution in [2.24, 2.45) is 0 Å². The van der Waals surface area contributed by atoms with Crippen LogP contribution in [0.5, 0.6) is 5.75 Å². The molecule has 2 atom stereocenters. The van der Waals surface area contributed by atoms with Crippen molar-refractivity contribution in [3.63, 3.8) is 0 Å². The Morgan fingerprint density at radius 3 is 3.09 bits per heavy atom. The molecule has 1 N–H and O–H groups in total. The quantitative estimate of drug-likeness (QED) is 0.934. The Balaban J connectivity index is 1.49. The molecule has 4 rings (SSSR count). The fraction of sp³-hybridized carbons (Fsp3) is 0.500. The molecular formula is C18H22N2O2S. The molecule has 3 heterocycles. The van der Waals surface area contributed by atoms with Crippen LogP contribution in [-0.4, -0.2) is 30.3 Å². The Bertz CT molecular complexity index is 679. The van der Waals surface area contributed by atoms with Crippen LogP contribution in [0.1, 0.15) is 35.0 Å². The first-order chi connectivity index (χ1) is 11.3. The van der Waals surface area contributed by atoms with Crippen LogP contribution in [0.4, 0.5) is 0 Å². The van der Waals surface area contributed by atoms with Crippen molar-refractivity contribution in [2.75, 3.05) is 19.8 Å². The summed E-state index contributed by atoms with van der Waals surface area (Å²) in [5.41, 5.74) is 4.21. The standard InChI is InChI=1S/C18H22N2O2S/c1-13-17(23-12-20-13)6-8-19-15-10-18(7-9-21-11-18)22-16-5-3-2-4-14(15)16/h2-5,12,15,19H,6-11H2,1H3. The summed E-state index contributed by atoms with van der Waals surface area (Å²) in [7, 11) is 0. The Hall–Kier alpha value is -1.43. The van der Waals surface area contributed by atoms with E-state index in [0.29, 0.717) is 12.6 Å². The summed E-state index contributed by atoms with van der Waals surface area (Å²) in [4.78, 5) is 5.70. The zero-order valence-corrected chi connectivity index (χ0v) is 14.2. The van der Waals surface area contributed by atoms with E-state index in [1.165, 1.54) is 10.4 Å². The third-order valence-corrected chi connectivity index (χ3v) is 5.85. The minimum atomic E-state index is -0.146. The van der Waals surface area contributed by atoms with Gasteiger partial charge in [-0.25, -0.2) is 4.98 Å². The molecule has 1 aromatic carbocycles. The number of nitrogens with zero attached hydrogens (tertiary/aromatic N) is 1. The fourth-order valence-corrected chi connectivity index (χ4v) is 4.34. The van der Waals surface area contributed by atoms with Gasteiger partial charge in [-0.15, -0.1) is 11.3 Å². The van der Waals surface area contributed by atoms with Crippen molar-refractivity contribution in [3.05, 3.63) is 45.9 Å². The summed E-state index contributed by atoms with van der Waals surface area (Å²) in [6.45, 7) is 4.54. The molecule has 0 bridgehead atoms. The number of fused-ring (bicyclic) bond motifs is 1. The van der Waals surface area contributed by atoms with E-state index in [-0.39, 0.29) is 5.60 Å². The van der Waals surface area contributed by atoms with Crippen LogP contribution in [0.25, 0.3) is 0 Å². The summed E-state index contributed by atoms with van der Waals surface area (Å²) in [5.74, 6) is 1.01. The number of ether oxygens (including phenoxy) is 2. The van der Waals surface area contributed by atoms with Gasteiger partial charge in [-0.1, -0.05) is 18.2 Å². The summed E-state index contributed by atoms with van der Waals surface area (Å²) in [6, 6.07) is 8.72. The van der Waals surface area contributed by atoms with Gasteiger partial charge in [0.05, 0.1) is 24.4 Å². The number of aryl methyl sites for hydroxylation is 1.